The zero-order chi connectivity index (χ0) is 18.4. The number of para-hydroxylation sites is 1. The third kappa shape index (κ3) is 4.05. The van der Waals surface area contributed by atoms with Crippen LogP contribution in [0.25, 0.3) is 20.8 Å². The number of carbonyl (C=O) groups is 2. The van der Waals surface area contributed by atoms with Crippen molar-refractivity contribution < 1.29 is 14.3 Å². The molecule has 1 heterocycles. The fourth-order valence-electron chi connectivity index (χ4n) is 2.35. The minimum atomic E-state index is -0.588. The van der Waals surface area contributed by atoms with Crippen LogP contribution in [0.15, 0.2) is 48.5 Å². The number of hydrogen-bond donors (Lipinski definition) is 1. The van der Waals surface area contributed by atoms with Crippen LogP contribution in [-0.2, 0) is 9.53 Å². The van der Waals surface area contributed by atoms with Crippen LogP contribution < -0.4 is 5.32 Å². The standard InChI is InChI=1S/C19H15N3O3S/c20-10-5-11-21-17(23)12-25-19(24)14-7-2-1-6-13(14)18-22-15-8-3-4-9-16(15)26-18/h1-4,6-9H,5,11-12H2,(H,21,23). The SMILES string of the molecule is N#CCCNC(=O)COC(=O)c1ccccc1-c1nc2ccccc2s1. The molecule has 1 amide bonds. The number of carbonyl (C=O) groups excluding carboxylic acids is 2. The number of aromatic nitrogens is 1. The first kappa shape index (κ1) is 17.6. The first-order valence-electron chi connectivity index (χ1n) is 7.95. The van der Waals surface area contributed by atoms with E-state index in [1.807, 2.05) is 36.4 Å². The number of thiazole rings is 1. The number of fused-ring (bicyclic) bond motifs is 1. The molecule has 2 aromatic carbocycles. The molecule has 7 heteroatoms. The largest absolute Gasteiger partial charge is 0.452 e. The number of nitriles is 1. The zero-order valence-corrected chi connectivity index (χ0v) is 14.6. The highest BCUT2D eigenvalue weighted by molar-refractivity contribution is 7.21. The number of esters is 1. The Labute approximate surface area is 154 Å². The molecule has 0 aliphatic rings. The second-order valence-corrected chi connectivity index (χ2v) is 6.40. The third-order valence-electron chi connectivity index (χ3n) is 3.56. The lowest BCUT2D eigenvalue weighted by Gasteiger charge is -2.08. The number of rotatable bonds is 6. The number of nitrogens with zero attached hydrogens (tertiary/aromatic N) is 2. The predicted molar refractivity (Wildman–Crippen MR) is 98.6 cm³/mol. The number of nitrogens with one attached hydrogen (secondary N) is 1. The van der Waals surface area contributed by atoms with Crippen LogP contribution in [0.3, 0.4) is 0 Å². The molecule has 0 unspecified atom stereocenters. The normalized spacial score (nSPS) is 10.3. The Morgan fingerprint density at radius 3 is 2.73 bits per heavy atom. The summed E-state index contributed by atoms with van der Waals surface area (Å²) in [4.78, 5) is 28.6. The molecule has 1 aromatic heterocycles. The van der Waals surface area contributed by atoms with Gasteiger partial charge in [-0.1, -0.05) is 30.3 Å². The molecule has 0 aliphatic heterocycles. The first-order valence-corrected chi connectivity index (χ1v) is 8.76. The molecular formula is C19H15N3O3S. The van der Waals surface area contributed by atoms with Gasteiger partial charge in [-0.15, -0.1) is 11.3 Å². The van der Waals surface area contributed by atoms with Gasteiger partial charge in [0.05, 0.1) is 28.3 Å². The molecule has 0 atom stereocenters. The van der Waals surface area contributed by atoms with E-state index in [9.17, 15) is 9.59 Å². The number of benzene rings is 2. The van der Waals surface area contributed by atoms with Gasteiger partial charge in [0.25, 0.3) is 5.91 Å². The maximum absolute atomic E-state index is 12.4. The summed E-state index contributed by atoms with van der Waals surface area (Å²) in [7, 11) is 0. The Bertz CT molecular complexity index is 958. The summed E-state index contributed by atoms with van der Waals surface area (Å²) >= 11 is 1.49. The number of ether oxygens (including phenoxy) is 1. The van der Waals surface area contributed by atoms with Crippen molar-refractivity contribution in [3.8, 4) is 16.6 Å². The fraction of sp³-hybridized carbons (Fsp3) is 0.158. The molecule has 3 rings (SSSR count). The van der Waals surface area contributed by atoms with Gasteiger partial charge < -0.3 is 10.1 Å². The summed E-state index contributed by atoms with van der Waals surface area (Å²) < 4.78 is 6.13. The van der Waals surface area contributed by atoms with Gasteiger partial charge in [-0.2, -0.15) is 5.26 Å². The Balaban J connectivity index is 1.75. The first-order chi connectivity index (χ1) is 12.7. The van der Waals surface area contributed by atoms with E-state index >= 15 is 0 Å². The smallest absolute Gasteiger partial charge is 0.339 e. The molecule has 0 saturated heterocycles. The molecule has 0 fully saturated rings. The van der Waals surface area contributed by atoms with Crippen molar-refractivity contribution in [1.82, 2.24) is 10.3 Å². The van der Waals surface area contributed by atoms with Gasteiger partial charge in [-0.05, 0) is 18.2 Å². The number of amides is 1. The van der Waals surface area contributed by atoms with Gasteiger partial charge in [0.15, 0.2) is 6.61 Å². The van der Waals surface area contributed by atoms with Crippen molar-refractivity contribution in [2.45, 2.75) is 6.42 Å². The van der Waals surface area contributed by atoms with E-state index in [2.05, 4.69) is 10.3 Å². The van der Waals surface area contributed by atoms with Gasteiger partial charge >= 0.3 is 5.97 Å². The van der Waals surface area contributed by atoms with Crippen LogP contribution in [0.5, 0.6) is 0 Å². The summed E-state index contributed by atoms with van der Waals surface area (Å²) in [5.74, 6) is -1.03. The van der Waals surface area contributed by atoms with Crippen LogP contribution in [0.1, 0.15) is 16.8 Å². The molecule has 130 valence electrons. The summed E-state index contributed by atoms with van der Waals surface area (Å²) in [5, 5.41) is 11.7. The van der Waals surface area contributed by atoms with E-state index in [1.165, 1.54) is 11.3 Å². The molecule has 26 heavy (non-hydrogen) atoms. The molecule has 0 radical (unpaired) electrons. The lowest BCUT2D eigenvalue weighted by atomic mass is 10.1. The third-order valence-corrected chi connectivity index (χ3v) is 4.63. The van der Waals surface area contributed by atoms with Crippen molar-refractivity contribution in [2.24, 2.45) is 0 Å². The molecule has 0 saturated carbocycles. The van der Waals surface area contributed by atoms with Crippen molar-refractivity contribution in [2.75, 3.05) is 13.2 Å². The van der Waals surface area contributed by atoms with Crippen LogP contribution in [0, 0.1) is 11.3 Å². The van der Waals surface area contributed by atoms with E-state index in [-0.39, 0.29) is 13.0 Å². The van der Waals surface area contributed by atoms with Crippen molar-refractivity contribution >= 4 is 33.4 Å². The lowest BCUT2D eigenvalue weighted by Crippen LogP contribution is -2.29. The maximum Gasteiger partial charge on any atom is 0.339 e. The highest BCUT2D eigenvalue weighted by Gasteiger charge is 2.17. The Kier molecular flexibility index (Phi) is 5.56. The van der Waals surface area contributed by atoms with E-state index in [0.717, 1.165) is 15.2 Å². The van der Waals surface area contributed by atoms with Gasteiger partial charge in [-0.25, -0.2) is 9.78 Å². The average Bonchev–Trinajstić information content (AvgIpc) is 3.10. The molecule has 6 nitrogen and oxygen atoms in total. The van der Waals surface area contributed by atoms with Crippen LogP contribution in [0.2, 0.25) is 0 Å². The van der Waals surface area contributed by atoms with E-state index < -0.39 is 18.5 Å². The quantitative estimate of drug-likeness (QED) is 0.535. The Morgan fingerprint density at radius 1 is 1.15 bits per heavy atom. The number of hydrogen-bond acceptors (Lipinski definition) is 6. The fourth-order valence-corrected chi connectivity index (χ4v) is 3.36. The van der Waals surface area contributed by atoms with Gasteiger partial charge in [-0.3, -0.25) is 4.79 Å². The Hall–Kier alpha value is -3.24. The van der Waals surface area contributed by atoms with Crippen LogP contribution >= 0.6 is 11.3 Å². The van der Waals surface area contributed by atoms with Crippen molar-refractivity contribution in [3.63, 3.8) is 0 Å². The summed E-state index contributed by atoms with van der Waals surface area (Å²) in [5.41, 5.74) is 1.90. The second-order valence-electron chi connectivity index (χ2n) is 5.37. The summed E-state index contributed by atoms with van der Waals surface area (Å²) in [6, 6.07) is 16.7. The topological polar surface area (TPSA) is 92.1 Å². The average molecular weight is 365 g/mol. The molecule has 3 aromatic rings. The monoisotopic (exact) mass is 365 g/mol. The zero-order valence-electron chi connectivity index (χ0n) is 13.8. The van der Waals surface area contributed by atoms with E-state index in [0.29, 0.717) is 11.1 Å². The van der Waals surface area contributed by atoms with Crippen molar-refractivity contribution in [1.29, 1.82) is 5.26 Å². The molecule has 0 spiro atoms. The minimum absolute atomic E-state index is 0.208. The van der Waals surface area contributed by atoms with Gasteiger partial charge in [0.2, 0.25) is 0 Å². The van der Waals surface area contributed by atoms with E-state index in [4.69, 9.17) is 10.00 Å². The molecule has 0 aliphatic carbocycles. The Morgan fingerprint density at radius 2 is 1.92 bits per heavy atom. The van der Waals surface area contributed by atoms with Crippen LogP contribution in [0.4, 0.5) is 0 Å². The summed E-state index contributed by atoms with van der Waals surface area (Å²) in [6.07, 6.45) is 0.208. The highest BCUT2D eigenvalue weighted by Crippen LogP contribution is 2.32. The van der Waals surface area contributed by atoms with Crippen molar-refractivity contribution in [3.05, 3.63) is 54.1 Å². The lowest BCUT2D eigenvalue weighted by molar-refractivity contribution is -0.124. The van der Waals surface area contributed by atoms with Gasteiger partial charge in [0.1, 0.15) is 5.01 Å². The van der Waals surface area contributed by atoms with Crippen LogP contribution in [-0.4, -0.2) is 30.0 Å². The molecule has 1 N–H and O–H groups in total. The van der Waals surface area contributed by atoms with Gasteiger partial charge in [0, 0.05) is 12.1 Å². The van der Waals surface area contributed by atoms with E-state index in [1.54, 1.807) is 18.2 Å². The second kappa shape index (κ2) is 8.23. The maximum atomic E-state index is 12.4. The summed E-state index contributed by atoms with van der Waals surface area (Å²) in [6.45, 7) is -0.159. The predicted octanol–water partition coefficient (Wildman–Crippen LogP) is 3.15. The highest BCUT2D eigenvalue weighted by atomic mass is 32.1. The minimum Gasteiger partial charge on any atom is -0.452 e. The molecule has 0 bridgehead atoms. The molecular weight excluding hydrogens is 350 g/mol.